The lowest BCUT2D eigenvalue weighted by Crippen LogP contribution is -2.38. The van der Waals surface area contributed by atoms with Crippen LogP contribution >= 0.6 is 0 Å². The van der Waals surface area contributed by atoms with E-state index in [0.717, 1.165) is 13.1 Å². The van der Waals surface area contributed by atoms with Crippen molar-refractivity contribution in [3.05, 3.63) is 71.3 Å². The van der Waals surface area contributed by atoms with Crippen LogP contribution in [0, 0.1) is 5.82 Å². The molecule has 0 radical (unpaired) electrons. The number of benzene rings is 1. The minimum absolute atomic E-state index is 0.00541. The van der Waals surface area contributed by atoms with E-state index < -0.39 is 23.5 Å². The molecule has 1 amide bonds. The summed E-state index contributed by atoms with van der Waals surface area (Å²) in [6.45, 7) is 6.66. The second-order valence-corrected chi connectivity index (χ2v) is 6.81. The number of aromatic nitrogens is 1. The van der Waals surface area contributed by atoms with Gasteiger partial charge in [-0.15, -0.1) is 0 Å². The molecule has 1 fully saturated rings. The maximum atomic E-state index is 13.3. The van der Waals surface area contributed by atoms with Crippen LogP contribution in [-0.4, -0.2) is 57.8 Å². The van der Waals surface area contributed by atoms with E-state index in [1.54, 1.807) is 24.5 Å². The summed E-state index contributed by atoms with van der Waals surface area (Å²) in [5, 5.41) is 10.8. The van der Waals surface area contributed by atoms with Crippen molar-refractivity contribution in [3.8, 4) is 0 Å². The van der Waals surface area contributed by atoms with Gasteiger partial charge in [-0.3, -0.25) is 14.6 Å². The summed E-state index contributed by atoms with van der Waals surface area (Å²) in [7, 11) is 0. The molecule has 29 heavy (non-hydrogen) atoms. The Balaban J connectivity index is 2.06. The first-order valence-corrected chi connectivity index (χ1v) is 9.64. The summed E-state index contributed by atoms with van der Waals surface area (Å²) in [6.07, 6.45) is 3.18. The monoisotopic (exact) mass is 397 g/mol. The number of amides is 1. The predicted octanol–water partition coefficient (Wildman–Crippen LogP) is 2.98. The highest BCUT2D eigenvalue weighted by molar-refractivity contribution is 6.46. The number of aliphatic hydroxyl groups is 1. The van der Waals surface area contributed by atoms with Crippen LogP contribution in [0.25, 0.3) is 5.76 Å². The minimum atomic E-state index is -0.750. The third kappa shape index (κ3) is 4.19. The maximum Gasteiger partial charge on any atom is 0.295 e. The van der Waals surface area contributed by atoms with Gasteiger partial charge in [-0.25, -0.2) is 4.39 Å². The molecule has 2 aromatic rings. The van der Waals surface area contributed by atoms with Crippen LogP contribution in [0.2, 0.25) is 0 Å². The van der Waals surface area contributed by atoms with Crippen molar-refractivity contribution in [1.82, 2.24) is 14.8 Å². The number of aliphatic hydroxyl groups excluding tert-OH is 1. The number of carbonyl (C=O) groups is 2. The van der Waals surface area contributed by atoms with Crippen molar-refractivity contribution in [3.63, 3.8) is 0 Å². The Kier molecular flexibility index (Phi) is 6.39. The molecule has 1 aromatic carbocycles. The lowest BCUT2D eigenvalue weighted by molar-refractivity contribution is -0.140. The van der Waals surface area contributed by atoms with E-state index in [1.807, 2.05) is 13.8 Å². The average molecular weight is 397 g/mol. The third-order valence-corrected chi connectivity index (χ3v) is 5.21. The summed E-state index contributed by atoms with van der Waals surface area (Å²) in [5.41, 5.74) is 0.908. The molecule has 0 spiro atoms. The first-order valence-electron chi connectivity index (χ1n) is 9.64. The van der Waals surface area contributed by atoms with E-state index in [2.05, 4.69) is 9.88 Å². The van der Waals surface area contributed by atoms with Crippen molar-refractivity contribution in [2.45, 2.75) is 19.9 Å². The van der Waals surface area contributed by atoms with Gasteiger partial charge in [-0.1, -0.05) is 19.9 Å². The van der Waals surface area contributed by atoms with Gasteiger partial charge in [0.15, 0.2) is 0 Å². The van der Waals surface area contributed by atoms with Gasteiger partial charge in [0.2, 0.25) is 0 Å². The van der Waals surface area contributed by atoms with Gasteiger partial charge in [-0.05, 0) is 49.0 Å². The van der Waals surface area contributed by atoms with E-state index in [-0.39, 0.29) is 16.9 Å². The summed E-state index contributed by atoms with van der Waals surface area (Å²) >= 11 is 0. The zero-order valence-corrected chi connectivity index (χ0v) is 16.5. The van der Waals surface area contributed by atoms with Gasteiger partial charge in [0.1, 0.15) is 11.6 Å². The second-order valence-electron chi connectivity index (χ2n) is 6.81. The number of Topliss-reactive ketones (excluding diaryl/α,β-unsaturated/α-hetero) is 1. The van der Waals surface area contributed by atoms with Crippen molar-refractivity contribution < 1.29 is 19.1 Å². The zero-order valence-electron chi connectivity index (χ0n) is 16.5. The number of pyridine rings is 1. The van der Waals surface area contributed by atoms with E-state index in [1.165, 1.54) is 29.2 Å². The summed E-state index contributed by atoms with van der Waals surface area (Å²) in [6, 6.07) is 7.91. The Morgan fingerprint density at radius 3 is 2.45 bits per heavy atom. The maximum absolute atomic E-state index is 13.3. The summed E-state index contributed by atoms with van der Waals surface area (Å²) in [5.74, 6) is -2.18. The Morgan fingerprint density at radius 1 is 1.17 bits per heavy atom. The molecule has 1 atom stereocenters. The fourth-order valence-electron chi connectivity index (χ4n) is 3.55. The number of rotatable bonds is 7. The number of carbonyl (C=O) groups excluding carboxylic acids is 2. The fraction of sp³-hybridized carbons (Fsp3) is 0.318. The van der Waals surface area contributed by atoms with Crippen LogP contribution in [0.3, 0.4) is 0 Å². The topological polar surface area (TPSA) is 73.7 Å². The molecule has 0 aliphatic carbocycles. The standard InChI is InChI=1S/C22H24FN3O3/c1-3-25(4-2)12-13-26-19(16-6-5-11-24-14-16)18(21(28)22(26)29)20(27)15-7-9-17(23)10-8-15/h5-11,14,19,27H,3-4,12-13H2,1-2H3/b20-18-. The third-order valence-electron chi connectivity index (χ3n) is 5.21. The largest absolute Gasteiger partial charge is 0.507 e. The van der Waals surface area contributed by atoms with E-state index in [0.29, 0.717) is 18.7 Å². The highest BCUT2D eigenvalue weighted by Gasteiger charge is 2.46. The van der Waals surface area contributed by atoms with Crippen molar-refractivity contribution in [2.24, 2.45) is 0 Å². The summed E-state index contributed by atoms with van der Waals surface area (Å²) in [4.78, 5) is 33.4. The molecule has 0 bridgehead atoms. The first kappa shape index (κ1) is 20.7. The van der Waals surface area contributed by atoms with Crippen LogP contribution in [-0.2, 0) is 9.59 Å². The Morgan fingerprint density at radius 2 is 1.86 bits per heavy atom. The van der Waals surface area contributed by atoms with Crippen molar-refractivity contribution in [1.29, 1.82) is 0 Å². The average Bonchev–Trinajstić information content (AvgIpc) is 3.00. The van der Waals surface area contributed by atoms with Gasteiger partial charge in [-0.2, -0.15) is 0 Å². The molecule has 1 aromatic heterocycles. The number of ketones is 1. The lowest BCUT2D eigenvalue weighted by Gasteiger charge is -2.28. The van der Waals surface area contributed by atoms with E-state index in [4.69, 9.17) is 0 Å². The summed E-state index contributed by atoms with van der Waals surface area (Å²) < 4.78 is 13.3. The fourth-order valence-corrected chi connectivity index (χ4v) is 3.55. The van der Waals surface area contributed by atoms with Gasteiger partial charge in [0, 0.05) is 31.0 Å². The number of likely N-dealkylation sites (N-methyl/N-ethyl adjacent to an activating group) is 1. The zero-order chi connectivity index (χ0) is 21.0. The number of halogens is 1. The molecular formula is C22H24FN3O3. The molecule has 1 aliphatic rings. The Hall–Kier alpha value is -3.06. The van der Waals surface area contributed by atoms with Gasteiger partial charge in [0.25, 0.3) is 11.7 Å². The van der Waals surface area contributed by atoms with Crippen LogP contribution in [0.1, 0.15) is 31.0 Å². The van der Waals surface area contributed by atoms with Crippen LogP contribution in [0.15, 0.2) is 54.4 Å². The number of hydrogen-bond donors (Lipinski definition) is 1. The molecule has 7 heteroatoms. The van der Waals surface area contributed by atoms with Gasteiger partial charge < -0.3 is 14.9 Å². The normalized spacial score (nSPS) is 18.6. The Bertz CT molecular complexity index is 909. The number of hydrogen-bond acceptors (Lipinski definition) is 5. The molecule has 2 heterocycles. The minimum Gasteiger partial charge on any atom is -0.507 e. The molecule has 6 nitrogen and oxygen atoms in total. The molecule has 3 rings (SSSR count). The highest BCUT2D eigenvalue weighted by Crippen LogP contribution is 2.38. The SMILES string of the molecule is CCN(CC)CCN1C(=O)C(=O)/C(=C(\O)c2ccc(F)cc2)C1c1cccnc1. The molecule has 1 saturated heterocycles. The lowest BCUT2D eigenvalue weighted by atomic mass is 9.96. The molecule has 1 N–H and O–H groups in total. The highest BCUT2D eigenvalue weighted by atomic mass is 19.1. The number of nitrogens with zero attached hydrogens (tertiary/aromatic N) is 3. The second kappa shape index (κ2) is 8.96. The van der Waals surface area contributed by atoms with E-state index >= 15 is 0 Å². The molecule has 0 saturated carbocycles. The van der Waals surface area contributed by atoms with Crippen molar-refractivity contribution >= 4 is 17.4 Å². The van der Waals surface area contributed by atoms with Gasteiger partial charge in [0.05, 0.1) is 11.6 Å². The predicted molar refractivity (Wildman–Crippen MR) is 107 cm³/mol. The van der Waals surface area contributed by atoms with Gasteiger partial charge >= 0.3 is 0 Å². The van der Waals surface area contributed by atoms with Crippen LogP contribution in [0.4, 0.5) is 4.39 Å². The molecule has 1 unspecified atom stereocenters. The first-order chi connectivity index (χ1) is 14.0. The molecular weight excluding hydrogens is 373 g/mol. The quantitative estimate of drug-likeness (QED) is 0.442. The van der Waals surface area contributed by atoms with Crippen molar-refractivity contribution in [2.75, 3.05) is 26.2 Å². The Labute approximate surface area is 169 Å². The molecule has 152 valence electrons. The van der Waals surface area contributed by atoms with Crippen LogP contribution < -0.4 is 0 Å². The molecule has 1 aliphatic heterocycles. The smallest absolute Gasteiger partial charge is 0.295 e. The van der Waals surface area contributed by atoms with Crippen LogP contribution in [0.5, 0.6) is 0 Å². The van der Waals surface area contributed by atoms with E-state index in [9.17, 15) is 19.1 Å². The number of likely N-dealkylation sites (tertiary alicyclic amines) is 1.